The minimum absolute atomic E-state index is 0. The van der Waals surface area contributed by atoms with Crippen molar-refractivity contribution >= 4 is 0 Å². The van der Waals surface area contributed by atoms with Gasteiger partial charge >= 0.3 is 20.1 Å². The van der Waals surface area contributed by atoms with Gasteiger partial charge in [-0.05, 0) is 120 Å². The first-order chi connectivity index (χ1) is 47.6. The topological polar surface area (TPSA) is 38.7 Å². The van der Waals surface area contributed by atoms with Crippen LogP contribution in [0, 0.1) is 18.2 Å². The zero-order chi connectivity index (χ0) is 64.0. The predicted molar refractivity (Wildman–Crippen MR) is 398 cm³/mol. The molecule has 0 bridgehead atoms. The Morgan fingerprint density at radius 3 is 0.979 bits per heavy atom. The van der Waals surface area contributed by atoms with Crippen LogP contribution in [0.3, 0.4) is 0 Å². The van der Waals surface area contributed by atoms with Crippen LogP contribution < -0.4 is 0 Å². The molecule has 13 aromatic carbocycles. The number of pyridine rings is 3. The molecule has 4 heteroatoms. The van der Waals surface area contributed by atoms with E-state index in [9.17, 15) is 0 Å². The van der Waals surface area contributed by atoms with E-state index in [1.165, 1.54) is 0 Å². The summed E-state index contributed by atoms with van der Waals surface area (Å²) in [6.07, 6.45) is 5.57. The maximum Gasteiger partial charge on any atom is 3.00 e. The Kier molecular flexibility index (Phi) is 17.6. The standard InChI is InChI=1S/C93H60N3.Ir/c1-5-26-64(27-6-1)68-34-23-37-71(56-68)85-60-75(90-44-17-20-53-94-90)48-51-82(85)79-41-14-13-40-78(79)74-47-50-84(89-63-77(92-46-19-22-55-96-92)62-87(93(89)67-32-11-4-12-33-67)73-39-25-36-70(58-73)66-30-9-3-10-31-66)88(59-74)81-43-16-15-42-80(81)83-52-49-76(91-45-18-21-54-95-91)61-86(83)72-38-24-35-69(57-72)65-28-7-2-8-29-65;/h1-47,50-62H;/q-3;+3. The first-order valence-corrected chi connectivity index (χ1v) is 32.4. The van der Waals surface area contributed by atoms with Crippen LogP contribution in [-0.2, 0) is 20.1 Å². The van der Waals surface area contributed by atoms with Crippen LogP contribution in [0.4, 0.5) is 0 Å². The molecule has 0 N–H and O–H groups in total. The number of hydrogen-bond acceptors (Lipinski definition) is 3. The fourth-order valence-electron chi connectivity index (χ4n) is 13.4. The third kappa shape index (κ3) is 12.7. The van der Waals surface area contributed by atoms with E-state index in [-0.39, 0.29) is 20.1 Å². The molecule has 0 aliphatic heterocycles. The van der Waals surface area contributed by atoms with Crippen LogP contribution in [0.2, 0.25) is 0 Å². The molecule has 0 unspecified atom stereocenters. The molecule has 3 aromatic heterocycles. The Labute approximate surface area is 580 Å². The molecular weight excluding hydrogens is 1350 g/mol. The smallest absolute Gasteiger partial charge is 0.305 e. The minimum Gasteiger partial charge on any atom is -0.305 e. The van der Waals surface area contributed by atoms with E-state index >= 15 is 0 Å². The van der Waals surface area contributed by atoms with Crippen LogP contribution in [0.5, 0.6) is 0 Å². The number of aromatic nitrogens is 3. The third-order valence-corrected chi connectivity index (χ3v) is 18.0. The van der Waals surface area contributed by atoms with Crippen molar-refractivity contribution in [2.75, 3.05) is 0 Å². The number of nitrogens with zero attached hydrogens (tertiary/aromatic N) is 3. The second kappa shape index (κ2) is 27.9. The first kappa shape index (κ1) is 61.2. The molecule has 0 saturated carbocycles. The summed E-state index contributed by atoms with van der Waals surface area (Å²) in [6, 6.07) is 135. The van der Waals surface area contributed by atoms with Crippen molar-refractivity contribution in [3.63, 3.8) is 0 Å². The largest absolute Gasteiger partial charge is 3.00 e. The van der Waals surface area contributed by atoms with Gasteiger partial charge in [0, 0.05) is 24.3 Å². The van der Waals surface area contributed by atoms with Gasteiger partial charge in [-0.25, -0.2) is 0 Å². The molecule has 0 aliphatic carbocycles. The summed E-state index contributed by atoms with van der Waals surface area (Å²) in [7, 11) is 0. The average molecular weight is 1410 g/mol. The Balaban J connectivity index is 0.00000770. The summed E-state index contributed by atoms with van der Waals surface area (Å²) in [5, 5.41) is 0. The molecule has 0 amide bonds. The molecule has 3 nitrogen and oxygen atoms in total. The van der Waals surface area contributed by atoms with Crippen LogP contribution in [-0.4, -0.2) is 15.0 Å². The van der Waals surface area contributed by atoms with E-state index in [2.05, 4.69) is 334 Å². The van der Waals surface area contributed by atoms with Gasteiger partial charge in [-0.2, -0.15) is 0 Å². The van der Waals surface area contributed by atoms with Gasteiger partial charge in [0.15, 0.2) is 0 Å². The average Bonchev–Trinajstić information content (AvgIpc) is 0.808. The van der Waals surface area contributed by atoms with Gasteiger partial charge < -0.3 is 9.97 Å². The molecule has 0 spiro atoms. The summed E-state index contributed by atoms with van der Waals surface area (Å²) in [5.74, 6) is 0. The Bertz CT molecular complexity index is 5430. The SMILES string of the molecule is [Ir+3].[c-]1cc(-c2ccccc2-c2ccc(-c3[c-]c(-c4ccccn4)cc(-c4cccc(-c5ccccc5)c4)c3-c3ccccc3)c(-c3ccccc3-c3c[c-]c(-c4ccccn4)cc3-c3cccc(-c4ccccc4)c3)c2)c(-c2cccc(-c3ccccc3)c2)cc1-c1ccccn1. The van der Waals surface area contributed by atoms with Crippen LogP contribution in [0.25, 0.3) is 167 Å². The van der Waals surface area contributed by atoms with Gasteiger partial charge in [0.25, 0.3) is 0 Å². The number of rotatable bonds is 15. The third-order valence-electron chi connectivity index (χ3n) is 18.0. The van der Waals surface area contributed by atoms with Gasteiger partial charge in [0.05, 0.1) is 0 Å². The van der Waals surface area contributed by atoms with Gasteiger partial charge in [0.2, 0.25) is 0 Å². The van der Waals surface area contributed by atoms with E-state index in [1.807, 2.05) is 48.9 Å². The molecule has 0 radical (unpaired) electrons. The second-order valence-corrected chi connectivity index (χ2v) is 23.9. The summed E-state index contributed by atoms with van der Waals surface area (Å²) in [5.41, 5.74) is 31.0. The quantitative estimate of drug-likeness (QED) is 0.0960. The fraction of sp³-hybridized carbons (Fsp3) is 0. The van der Waals surface area contributed by atoms with Gasteiger partial charge in [0.1, 0.15) is 0 Å². The van der Waals surface area contributed by atoms with Gasteiger partial charge in [-0.3, -0.25) is 4.98 Å². The van der Waals surface area contributed by atoms with Crippen LogP contribution >= 0.6 is 0 Å². The van der Waals surface area contributed by atoms with Crippen LogP contribution in [0.15, 0.2) is 364 Å². The van der Waals surface area contributed by atoms with E-state index in [0.29, 0.717) is 0 Å². The second-order valence-electron chi connectivity index (χ2n) is 23.9. The number of benzene rings is 13. The minimum atomic E-state index is 0. The van der Waals surface area contributed by atoms with Gasteiger partial charge in [-0.15, -0.1) is 65.2 Å². The monoisotopic (exact) mass is 1410 g/mol. The molecule has 16 rings (SSSR count). The maximum atomic E-state index is 5.03. The molecule has 0 aliphatic rings. The van der Waals surface area contributed by atoms with Gasteiger partial charge in [-0.1, -0.05) is 340 Å². The normalized spacial score (nSPS) is 11.0. The molecule has 16 aromatic rings. The van der Waals surface area contributed by atoms with Crippen molar-refractivity contribution in [1.29, 1.82) is 0 Å². The van der Waals surface area contributed by atoms with E-state index in [4.69, 9.17) is 15.0 Å². The van der Waals surface area contributed by atoms with Crippen molar-refractivity contribution in [2.45, 2.75) is 0 Å². The predicted octanol–water partition coefficient (Wildman–Crippen LogP) is 24.3. The molecule has 0 atom stereocenters. The van der Waals surface area contributed by atoms with Crippen molar-refractivity contribution in [3.8, 4) is 167 Å². The summed E-state index contributed by atoms with van der Waals surface area (Å²) in [6.45, 7) is 0. The molecular formula is C93H60IrN3. The Morgan fingerprint density at radius 2 is 0.536 bits per heavy atom. The van der Waals surface area contributed by atoms with Crippen molar-refractivity contribution in [1.82, 2.24) is 15.0 Å². The first-order valence-electron chi connectivity index (χ1n) is 32.4. The summed E-state index contributed by atoms with van der Waals surface area (Å²) < 4.78 is 0. The molecule has 3 heterocycles. The van der Waals surface area contributed by atoms with E-state index in [1.54, 1.807) is 0 Å². The molecule has 456 valence electrons. The van der Waals surface area contributed by atoms with Crippen molar-refractivity contribution in [3.05, 3.63) is 383 Å². The molecule has 97 heavy (non-hydrogen) atoms. The zero-order valence-corrected chi connectivity index (χ0v) is 55.2. The summed E-state index contributed by atoms with van der Waals surface area (Å²) in [4.78, 5) is 14.7. The van der Waals surface area contributed by atoms with Crippen molar-refractivity contribution in [2.24, 2.45) is 0 Å². The van der Waals surface area contributed by atoms with E-state index in [0.717, 1.165) is 167 Å². The maximum absolute atomic E-state index is 5.03. The van der Waals surface area contributed by atoms with E-state index < -0.39 is 0 Å². The summed E-state index contributed by atoms with van der Waals surface area (Å²) >= 11 is 0. The van der Waals surface area contributed by atoms with Crippen LogP contribution in [0.1, 0.15) is 0 Å². The zero-order valence-electron chi connectivity index (χ0n) is 52.8. The Hall–Kier alpha value is -12.0. The fourth-order valence-corrected chi connectivity index (χ4v) is 13.4. The molecule has 0 fully saturated rings. The number of hydrogen-bond donors (Lipinski definition) is 0. The van der Waals surface area contributed by atoms with Crippen molar-refractivity contribution < 1.29 is 20.1 Å². The Morgan fingerprint density at radius 1 is 0.196 bits per heavy atom. The molecule has 0 saturated heterocycles.